The standard InChI is InChI=1S/C11H10F5NO/c12-6-7(13)9(15)11(10(16)8(6)14)17-4-5-2-1-3-18-5/h5,17H,1-4H2. The molecule has 1 unspecified atom stereocenters. The molecule has 0 aliphatic carbocycles. The van der Waals surface area contributed by atoms with Crippen molar-refractivity contribution in [1.29, 1.82) is 0 Å². The summed E-state index contributed by atoms with van der Waals surface area (Å²) in [5.74, 6) is -9.78. The summed E-state index contributed by atoms with van der Waals surface area (Å²) in [4.78, 5) is 0. The first-order valence-corrected chi connectivity index (χ1v) is 5.39. The van der Waals surface area contributed by atoms with Crippen molar-refractivity contribution in [1.82, 2.24) is 0 Å². The molecule has 0 saturated carbocycles. The van der Waals surface area contributed by atoms with Crippen molar-refractivity contribution in [3.63, 3.8) is 0 Å². The van der Waals surface area contributed by atoms with Crippen molar-refractivity contribution < 1.29 is 26.7 Å². The van der Waals surface area contributed by atoms with Gasteiger partial charge in [-0.15, -0.1) is 0 Å². The van der Waals surface area contributed by atoms with Crippen molar-refractivity contribution in [2.24, 2.45) is 0 Å². The van der Waals surface area contributed by atoms with Crippen LogP contribution in [0.1, 0.15) is 12.8 Å². The lowest BCUT2D eigenvalue weighted by Gasteiger charge is -2.14. The largest absolute Gasteiger partial charge is 0.378 e. The lowest BCUT2D eigenvalue weighted by molar-refractivity contribution is 0.120. The van der Waals surface area contributed by atoms with Crippen molar-refractivity contribution >= 4 is 5.69 Å². The minimum absolute atomic E-state index is 0.00163. The van der Waals surface area contributed by atoms with Gasteiger partial charge in [-0.3, -0.25) is 0 Å². The van der Waals surface area contributed by atoms with Gasteiger partial charge in [-0.1, -0.05) is 0 Å². The summed E-state index contributed by atoms with van der Waals surface area (Å²) in [6.45, 7) is 0.530. The molecule has 0 bridgehead atoms. The first-order chi connectivity index (χ1) is 8.52. The molecule has 2 rings (SSSR count). The maximum absolute atomic E-state index is 13.3. The summed E-state index contributed by atoms with van der Waals surface area (Å²) in [5.41, 5.74) is -1.01. The van der Waals surface area contributed by atoms with E-state index in [4.69, 9.17) is 4.74 Å². The number of nitrogens with one attached hydrogen (secondary N) is 1. The van der Waals surface area contributed by atoms with E-state index in [1.165, 1.54) is 0 Å². The fraction of sp³-hybridized carbons (Fsp3) is 0.455. The van der Waals surface area contributed by atoms with Gasteiger partial charge in [-0.05, 0) is 12.8 Å². The molecular formula is C11H10F5NO. The van der Waals surface area contributed by atoms with E-state index in [0.717, 1.165) is 6.42 Å². The van der Waals surface area contributed by atoms with E-state index < -0.39 is 34.8 Å². The van der Waals surface area contributed by atoms with Crippen molar-refractivity contribution in [3.05, 3.63) is 29.1 Å². The molecule has 1 aliphatic rings. The van der Waals surface area contributed by atoms with Gasteiger partial charge in [0.05, 0.1) is 6.10 Å². The molecule has 1 aromatic carbocycles. The Morgan fingerprint density at radius 1 is 0.944 bits per heavy atom. The molecule has 1 aliphatic heterocycles. The van der Waals surface area contributed by atoms with Gasteiger partial charge in [-0.25, -0.2) is 22.0 Å². The van der Waals surface area contributed by atoms with Crippen molar-refractivity contribution in [2.75, 3.05) is 18.5 Å². The second-order valence-electron chi connectivity index (χ2n) is 3.96. The summed E-state index contributed by atoms with van der Waals surface area (Å²) in [6.07, 6.45) is 1.21. The van der Waals surface area contributed by atoms with E-state index in [2.05, 4.69) is 5.32 Å². The van der Waals surface area contributed by atoms with Crippen LogP contribution in [-0.4, -0.2) is 19.3 Å². The summed E-state index contributed by atoms with van der Waals surface area (Å²) in [5, 5.41) is 2.21. The minimum atomic E-state index is -2.16. The maximum Gasteiger partial charge on any atom is 0.200 e. The average molecular weight is 267 g/mol. The maximum atomic E-state index is 13.3. The average Bonchev–Trinajstić information content (AvgIpc) is 2.87. The number of hydrogen-bond donors (Lipinski definition) is 1. The third kappa shape index (κ3) is 2.27. The Hall–Kier alpha value is -1.37. The summed E-state index contributed by atoms with van der Waals surface area (Å²) in [7, 11) is 0. The second kappa shape index (κ2) is 5.09. The Bertz CT molecular complexity index is 430. The zero-order valence-corrected chi connectivity index (χ0v) is 9.20. The molecule has 0 spiro atoms. The number of benzene rings is 1. The molecule has 2 nitrogen and oxygen atoms in total. The van der Waals surface area contributed by atoms with Gasteiger partial charge in [-0.2, -0.15) is 0 Å². The first kappa shape index (κ1) is 13.1. The first-order valence-electron chi connectivity index (χ1n) is 5.39. The quantitative estimate of drug-likeness (QED) is 0.516. The molecule has 1 saturated heterocycles. The van der Waals surface area contributed by atoms with Crippen molar-refractivity contribution in [3.8, 4) is 0 Å². The Balaban J connectivity index is 2.21. The lowest BCUT2D eigenvalue weighted by atomic mass is 10.2. The third-order valence-electron chi connectivity index (χ3n) is 2.74. The summed E-state index contributed by atoms with van der Waals surface area (Å²) >= 11 is 0. The van der Waals surface area contributed by atoms with Crippen LogP contribution in [0.5, 0.6) is 0 Å². The second-order valence-corrected chi connectivity index (χ2v) is 3.96. The SMILES string of the molecule is Fc1c(F)c(F)c(NCC2CCCO2)c(F)c1F. The normalized spacial score (nSPS) is 19.3. The van der Waals surface area contributed by atoms with Crippen LogP contribution in [-0.2, 0) is 4.74 Å². The Labute approximate surface area is 99.7 Å². The van der Waals surface area contributed by atoms with Gasteiger partial charge in [0.15, 0.2) is 23.3 Å². The molecule has 1 atom stereocenters. The summed E-state index contributed by atoms with van der Waals surface area (Å²) < 4.78 is 70.2. The van der Waals surface area contributed by atoms with Crippen LogP contribution in [0.2, 0.25) is 0 Å². The Morgan fingerprint density at radius 2 is 1.50 bits per heavy atom. The van der Waals surface area contributed by atoms with Crippen LogP contribution >= 0.6 is 0 Å². The molecule has 1 heterocycles. The number of anilines is 1. The zero-order valence-electron chi connectivity index (χ0n) is 9.20. The summed E-state index contributed by atoms with van der Waals surface area (Å²) in [6, 6.07) is 0. The fourth-order valence-corrected chi connectivity index (χ4v) is 1.78. The van der Waals surface area contributed by atoms with E-state index in [1.54, 1.807) is 0 Å². The Morgan fingerprint density at radius 3 is 2.00 bits per heavy atom. The molecular weight excluding hydrogens is 257 g/mol. The molecule has 100 valence electrons. The van der Waals surface area contributed by atoms with Crippen LogP contribution in [0.4, 0.5) is 27.6 Å². The van der Waals surface area contributed by atoms with E-state index in [1.807, 2.05) is 0 Å². The van der Waals surface area contributed by atoms with Crippen LogP contribution in [0.25, 0.3) is 0 Å². The zero-order chi connectivity index (χ0) is 13.3. The highest BCUT2D eigenvalue weighted by Crippen LogP contribution is 2.27. The molecule has 1 fully saturated rings. The van der Waals surface area contributed by atoms with Gasteiger partial charge >= 0.3 is 0 Å². The number of hydrogen-bond acceptors (Lipinski definition) is 2. The van der Waals surface area contributed by atoms with Gasteiger partial charge < -0.3 is 10.1 Å². The number of ether oxygens (including phenoxy) is 1. The molecule has 18 heavy (non-hydrogen) atoms. The van der Waals surface area contributed by atoms with Crippen LogP contribution < -0.4 is 5.32 Å². The molecule has 1 N–H and O–H groups in total. The fourth-order valence-electron chi connectivity index (χ4n) is 1.78. The number of halogens is 5. The van der Waals surface area contributed by atoms with E-state index in [0.29, 0.717) is 13.0 Å². The minimum Gasteiger partial charge on any atom is -0.378 e. The van der Waals surface area contributed by atoms with Crippen LogP contribution in [0, 0.1) is 29.1 Å². The van der Waals surface area contributed by atoms with E-state index >= 15 is 0 Å². The molecule has 0 radical (unpaired) electrons. The molecule has 0 amide bonds. The lowest BCUT2D eigenvalue weighted by Crippen LogP contribution is -2.20. The van der Waals surface area contributed by atoms with E-state index in [-0.39, 0.29) is 12.6 Å². The van der Waals surface area contributed by atoms with Crippen molar-refractivity contribution in [2.45, 2.75) is 18.9 Å². The van der Waals surface area contributed by atoms with E-state index in [9.17, 15) is 22.0 Å². The number of rotatable bonds is 3. The highest BCUT2D eigenvalue weighted by Gasteiger charge is 2.26. The molecule has 7 heteroatoms. The van der Waals surface area contributed by atoms with Gasteiger partial charge in [0.1, 0.15) is 5.69 Å². The molecule has 0 aromatic heterocycles. The van der Waals surface area contributed by atoms with Crippen LogP contribution in [0.3, 0.4) is 0 Å². The highest BCUT2D eigenvalue weighted by molar-refractivity contribution is 5.47. The Kier molecular flexibility index (Phi) is 3.70. The van der Waals surface area contributed by atoms with Gasteiger partial charge in [0.25, 0.3) is 0 Å². The predicted octanol–water partition coefficient (Wildman–Crippen LogP) is 2.97. The third-order valence-corrected chi connectivity index (χ3v) is 2.74. The smallest absolute Gasteiger partial charge is 0.200 e. The monoisotopic (exact) mass is 267 g/mol. The molecule has 1 aromatic rings. The topological polar surface area (TPSA) is 21.3 Å². The van der Waals surface area contributed by atoms with Gasteiger partial charge in [0, 0.05) is 13.2 Å². The van der Waals surface area contributed by atoms with Crippen LogP contribution in [0.15, 0.2) is 0 Å². The van der Waals surface area contributed by atoms with Gasteiger partial charge in [0.2, 0.25) is 5.82 Å². The highest BCUT2D eigenvalue weighted by atomic mass is 19.2. The predicted molar refractivity (Wildman–Crippen MR) is 53.7 cm³/mol.